The molecule has 21 heavy (non-hydrogen) atoms. The van der Waals surface area contributed by atoms with Gasteiger partial charge in [0.25, 0.3) is 0 Å². The molecule has 0 bridgehead atoms. The monoisotopic (exact) mass is 286 g/mol. The second kappa shape index (κ2) is 5.99. The summed E-state index contributed by atoms with van der Waals surface area (Å²) in [6, 6.07) is 7.64. The molecule has 1 aromatic carbocycles. The third-order valence-corrected chi connectivity index (χ3v) is 3.70. The highest BCUT2D eigenvalue weighted by Gasteiger charge is 2.15. The average Bonchev–Trinajstić information content (AvgIpc) is 2.68. The summed E-state index contributed by atoms with van der Waals surface area (Å²) >= 11 is 0. The van der Waals surface area contributed by atoms with Crippen LogP contribution in [0.2, 0.25) is 0 Å². The Balaban J connectivity index is 2.04. The Morgan fingerprint density at radius 2 is 1.86 bits per heavy atom. The molecule has 5 heteroatoms. The average molecular weight is 286 g/mol. The highest BCUT2D eigenvalue weighted by atomic mass is 16.2. The summed E-state index contributed by atoms with van der Waals surface area (Å²) in [5.74, 6) is 0. The molecule has 2 rings (SSSR count). The van der Waals surface area contributed by atoms with Gasteiger partial charge in [-0.25, -0.2) is 4.79 Å². The molecule has 0 atom stereocenters. The zero-order valence-corrected chi connectivity index (χ0v) is 13.3. The Hall–Kier alpha value is -2.30. The van der Waals surface area contributed by atoms with Gasteiger partial charge in [-0.15, -0.1) is 0 Å². The zero-order chi connectivity index (χ0) is 15.6. The van der Waals surface area contributed by atoms with Crippen molar-refractivity contribution in [3.8, 4) is 0 Å². The minimum atomic E-state index is -0.124. The molecule has 0 saturated heterocycles. The topological polar surface area (TPSA) is 50.2 Å². The molecule has 1 aromatic heterocycles. The van der Waals surface area contributed by atoms with Crippen LogP contribution in [0.1, 0.15) is 22.5 Å². The molecule has 0 fully saturated rings. The largest absolute Gasteiger partial charge is 0.323 e. The van der Waals surface area contributed by atoms with Gasteiger partial charge < -0.3 is 10.2 Å². The summed E-state index contributed by atoms with van der Waals surface area (Å²) in [6.07, 6.45) is 0. The number of carbonyl (C=O) groups is 1. The van der Waals surface area contributed by atoms with Crippen LogP contribution in [0.4, 0.5) is 10.5 Å². The number of carbonyl (C=O) groups excluding carboxylic acids is 1. The first kappa shape index (κ1) is 15.1. The molecule has 5 nitrogen and oxygen atoms in total. The SMILES string of the molecule is Cc1ccc(NC(=O)N(C)Cc2c(C)nn(C)c2C)cc1. The normalized spacial score (nSPS) is 10.5. The smallest absolute Gasteiger partial charge is 0.321 e. The number of nitrogens with one attached hydrogen (secondary N) is 1. The Morgan fingerprint density at radius 1 is 1.24 bits per heavy atom. The summed E-state index contributed by atoms with van der Waals surface area (Å²) in [5, 5.41) is 7.27. The van der Waals surface area contributed by atoms with Crippen LogP contribution < -0.4 is 5.32 Å². The Labute approximate surface area is 125 Å². The van der Waals surface area contributed by atoms with Crippen LogP contribution in [0.25, 0.3) is 0 Å². The van der Waals surface area contributed by atoms with Gasteiger partial charge in [-0.1, -0.05) is 17.7 Å². The minimum absolute atomic E-state index is 0.124. The molecule has 2 amide bonds. The number of hydrogen-bond acceptors (Lipinski definition) is 2. The van der Waals surface area contributed by atoms with Crippen molar-refractivity contribution in [1.29, 1.82) is 0 Å². The van der Waals surface area contributed by atoms with Gasteiger partial charge in [0.15, 0.2) is 0 Å². The molecule has 1 heterocycles. The van der Waals surface area contributed by atoms with Crippen LogP contribution in [0.5, 0.6) is 0 Å². The molecule has 0 unspecified atom stereocenters. The Bertz CT molecular complexity index is 643. The van der Waals surface area contributed by atoms with E-state index >= 15 is 0 Å². The third kappa shape index (κ3) is 3.42. The molecule has 0 radical (unpaired) electrons. The molecular formula is C16H22N4O. The summed E-state index contributed by atoms with van der Waals surface area (Å²) in [5.41, 5.74) is 5.12. The van der Waals surface area contributed by atoms with Gasteiger partial charge in [-0.2, -0.15) is 5.10 Å². The van der Waals surface area contributed by atoms with Crippen LogP contribution in [-0.2, 0) is 13.6 Å². The molecule has 0 aliphatic carbocycles. The molecule has 1 N–H and O–H groups in total. The van der Waals surface area contributed by atoms with E-state index in [9.17, 15) is 4.79 Å². The van der Waals surface area contributed by atoms with Gasteiger partial charge in [0.2, 0.25) is 0 Å². The van der Waals surface area contributed by atoms with Crippen molar-refractivity contribution in [2.45, 2.75) is 27.3 Å². The van der Waals surface area contributed by atoms with Gasteiger partial charge in [0.05, 0.1) is 12.2 Å². The van der Waals surface area contributed by atoms with Crippen LogP contribution in [0.15, 0.2) is 24.3 Å². The summed E-state index contributed by atoms with van der Waals surface area (Å²) in [7, 11) is 3.70. The second-order valence-corrected chi connectivity index (χ2v) is 5.43. The van der Waals surface area contributed by atoms with Gasteiger partial charge in [0.1, 0.15) is 0 Å². The lowest BCUT2D eigenvalue weighted by atomic mass is 10.2. The van der Waals surface area contributed by atoms with E-state index in [1.807, 2.05) is 56.8 Å². The van der Waals surface area contributed by atoms with Crippen molar-refractivity contribution in [2.75, 3.05) is 12.4 Å². The first-order valence-corrected chi connectivity index (χ1v) is 6.96. The van der Waals surface area contributed by atoms with E-state index in [0.29, 0.717) is 6.54 Å². The first-order valence-electron chi connectivity index (χ1n) is 6.96. The Morgan fingerprint density at radius 3 is 2.38 bits per heavy atom. The number of aryl methyl sites for hydroxylation is 3. The van der Waals surface area contributed by atoms with Gasteiger partial charge >= 0.3 is 6.03 Å². The number of aromatic nitrogens is 2. The maximum Gasteiger partial charge on any atom is 0.321 e. The van der Waals surface area contributed by atoms with E-state index in [0.717, 1.165) is 22.6 Å². The van der Waals surface area contributed by atoms with E-state index in [1.54, 1.807) is 11.9 Å². The van der Waals surface area contributed by atoms with Gasteiger partial charge in [-0.3, -0.25) is 4.68 Å². The molecule has 0 spiro atoms. The van der Waals surface area contributed by atoms with Crippen molar-refractivity contribution in [3.63, 3.8) is 0 Å². The minimum Gasteiger partial charge on any atom is -0.323 e. The fourth-order valence-electron chi connectivity index (χ4n) is 2.21. The summed E-state index contributed by atoms with van der Waals surface area (Å²) in [4.78, 5) is 13.9. The number of nitrogens with zero attached hydrogens (tertiary/aromatic N) is 3. The van der Waals surface area contributed by atoms with E-state index < -0.39 is 0 Å². The van der Waals surface area contributed by atoms with Crippen molar-refractivity contribution < 1.29 is 4.79 Å². The van der Waals surface area contributed by atoms with E-state index in [-0.39, 0.29) is 6.03 Å². The fourth-order valence-corrected chi connectivity index (χ4v) is 2.21. The lowest BCUT2D eigenvalue weighted by molar-refractivity contribution is 0.220. The predicted molar refractivity (Wildman–Crippen MR) is 84.3 cm³/mol. The van der Waals surface area contributed by atoms with Crippen LogP contribution in [-0.4, -0.2) is 27.8 Å². The van der Waals surface area contributed by atoms with Crippen molar-refractivity contribution in [1.82, 2.24) is 14.7 Å². The highest BCUT2D eigenvalue weighted by Crippen LogP contribution is 2.15. The molecular weight excluding hydrogens is 264 g/mol. The molecule has 0 aliphatic rings. The highest BCUT2D eigenvalue weighted by molar-refractivity contribution is 5.89. The number of benzene rings is 1. The number of urea groups is 1. The van der Waals surface area contributed by atoms with Gasteiger partial charge in [0, 0.05) is 31.0 Å². The van der Waals surface area contributed by atoms with Crippen molar-refractivity contribution in [2.24, 2.45) is 7.05 Å². The summed E-state index contributed by atoms with van der Waals surface area (Å²) in [6.45, 7) is 6.55. The first-order chi connectivity index (χ1) is 9.88. The maximum absolute atomic E-state index is 12.2. The van der Waals surface area contributed by atoms with E-state index in [2.05, 4.69) is 10.4 Å². The lowest BCUT2D eigenvalue weighted by Crippen LogP contribution is -2.31. The standard InChI is InChI=1S/C16H22N4O/c1-11-6-8-14(9-7-11)17-16(21)19(4)10-15-12(2)18-20(5)13(15)3/h6-9H,10H2,1-5H3,(H,17,21). The molecule has 0 saturated carbocycles. The van der Waals surface area contributed by atoms with Crippen LogP contribution in [0.3, 0.4) is 0 Å². The van der Waals surface area contributed by atoms with Crippen molar-refractivity contribution in [3.05, 3.63) is 46.8 Å². The molecule has 0 aliphatic heterocycles. The molecule has 2 aromatic rings. The fraction of sp³-hybridized carbons (Fsp3) is 0.375. The quantitative estimate of drug-likeness (QED) is 0.943. The number of rotatable bonds is 3. The predicted octanol–water partition coefficient (Wildman–Crippen LogP) is 3.01. The summed E-state index contributed by atoms with van der Waals surface area (Å²) < 4.78 is 1.84. The maximum atomic E-state index is 12.2. The number of anilines is 1. The lowest BCUT2D eigenvalue weighted by Gasteiger charge is -2.18. The third-order valence-electron chi connectivity index (χ3n) is 3.70. The molecule has 112 valence electrons. The van der Waals surface area contributed by atoms with E-state index in [4.69, 9.17) is 0 Å². The van der Waals surface area contributed by atoms with Crippen molar-refractivity contribution >= 4 is 11.7 Å². The van der Waals surface area contributed by atoms with Gasteiger partial charge in [-0.05, 0) is 32.9 Å². The number of hydrogen-bond donors (Lipinski definition) is 1. The number of amides is 2. The van der Waals surface area contributed by atoms with Crippen LogP contribution >= 0.6 is 0 Å². The van der Waals surface area contributed by atoms with Crippen LogP contribution in [0, 0.1) is 20.8 Å². The second-order valence-electron chi connectivity index (χ2n) is 5.43. The van der Waals surface area contributed by atoms with E-state index in [1.165, 1.54) is 5.56 Å². The Kier molecular flexibility index (Phi) is 4.31. The zero-order valence-electron chi connectivity index (χ0n) is 13.3.